The molecule has 0 fully saturated rings. The number of rotatable bonds is 4. The zero-order valence-corrected chi connectivity index (χ0v) is 12.9. The third kappa shape index (κ3) is 3.11. The zero-order chi connectivity index (χ0) is 15.5. The molecule has 112 valence electrons. The number of benzene rings is 2. The highest BCUT2D eigenvalue weighted by Gasteiger charge is 2.04. The second-order valence-electron chi connectivity index (χ2n) is 5.61. The van der Waals surface area contributed by atoms with Crippen molar-refractivity contribution in [3.63, 3.8) is 0 Å². The molecule has 0 aliphatic carbocycles. The molecule has 1 aromatic heterocycles. The van der Waals surface area contributed by atoms with E-state index in [0.29, 0.717) is 0 Å². The second kappa shape index (κ2) is 5.93. The number of aromatic nitrogens is 2. The number of anilines is 2. The molecule has 0 saturated carbocycles. The predicted molar refractivity (Wildman–Crippen MR) is 91.9 cm³/mol. The first-order chi connectivity index (χ1) is 10.6. The van der Waals surface area contributed by atoms with Gasteiger partial charge in [0.05, 0.1) is 12.0 Å². The maximum Gasteiger partial charge on any atom is 0.0956 e. The minimum absolute atomic E-state index is 0.788. The van der Waals surface area contributed by atoms with Crippen LogP contribution in [0.3, 0.4) is 0 Å². The third-order valence-electron chi connectivity index (χ3n) is 3.66. The van der Waals surface area contributed by atoms with Crippen LogP contribution in [0, 0.1) is 0 Å². The molecule has 0 bridgehead atoms. The van der Waals surface area contributed by atoms with E-state index in [0.717, 1.165) is 23.5 Å². The van der Waals surface area contributed by atoms with Crippen LogP contribution in [0.2, 0.25) is 0 Å². The number of imidazole rings is 1. The standard InChI is InChI=1S/C18H20N4/c1-21(2)17-9-5-15(6-10-17)18-12-22(13-20-18)11-14-3-7-16(19)8-4-14/h3-10,12-13H,11,19H2,1-2H3. The Kier molecular flexibility index (Phi) is 3.83. The van der Waals surface area contributed by atoms with E-state index in [1.54, 1.807) is 0 Å². The van der Waals surface area contributed by atoms with Crippen LogP contribution in [-0.4, -0.2) is 23.6 Å². The van der Waals surface area contributed by atoms with Gasteiger partial charge in [-0.25, -0.2) is 4.98 Å². The topological polar surface area (TPSA) is 47.1 Å². The molecular formula is C18H20N4. The van der Waals surface area contributed by atoms with Crippen molar-refractivity contribution in [1.82, 2.24) is 9.55 Å². The van der Waals surface area contributed by atoms with Crippen molar-refractivity contribution < 1.29 is 0 Å². The van der Waals surface area contributed by atoms with Crippen LogP contribution in [0.25, 0.3) is 11.3 Å². The summed E-state index contributed by atoms with van der Waals surface area (Å²) < 4.78 is 2.08. The van der Waals surface area contributed by atoms with Gasteiger partial charge < -0.3 is 15.2 Å². The summed E-state index contributed by atoms with van der Waals surface area (Å²) in [6.45, 7) is 0.795. The molecule has 0 atom stereocenters. The first kappa shape index (κ1) is 14.2. The second-order valence-corrected chi connectivity index (χ2v) is 5.61. The van der Waals surface area contributed by atoms with Gasteiger partial charge >= 0.3 is 0 Å². The van der Waals surface area contributed by atoms with Crippen molar-refractivity contribution in [3.05, 3.63) is 66.6 Å². The number of nitrogens with two attached hydrogens (primary N) is 1. The van der Waals surface area contributed by atoms with Crippen molar-refractivity contribution in [3.8, 4) is 11.3 Å². The fourth-order valence-corrected chi connectivity index (χ4v) is 2.36. The van der Waals surface area contributed by atoms with Crippen molar-refractivity contribution >= 4 is 11.4 Å². The summed E-state index contributed by atoms with van der Waals surface area (Å²) in [5, 5.41) is 0. The number of nitrogens with zero attached hydrogens (tertiary/aromatic N) is 3. The fourth-order valence-electron chi connectivity index (χ4n) is 2.36. The summed E-state index contributed by atoms with van der Waals surface area (Å²) in [5.41, 5.74) is 11.0. The molecular weight excluding hydrogens is 272 g/mol. The van der Waals surface area contributed by atoms with Gasteiger partial charge in [0, 0.05) is 43.8 Å². The average Bonchev–Trinajstić information content (AvgIpc) is 2.98. The van der Waals surface area contributed by atoms with Crippen LogP contribution in [0.4, 0.5) is 11.4 Å². The molecule has 0 unspecified atom stereocenters. The molecule has 3 rings (SSSR count). The van der Waals surface area contributed by atoms with E-state index in [-0.39, 0.29) is 0 Å². The van der Waals surface area contributed by atoms with E-state index in [1.165, 1.54) is 11.3 Å². The highest BCUT2D eigenvalue weighted by Crippen LogP contribution is 2.21. The van der Waals surface area contributed by atoms with Crippen molar-refractivity contribution in [2.75, 3.05) is 24.7 Å². The molecule has 4 nitrogen and oxygen atoms in total. The summed E-state index contributed by atoms with van der Waals surface area (Å²) >= 11 is 0. The zero-order valence-electron chi connectivity index (χ0n) is 12.9. The lowest BCUT2D eigenvalue weighted by Crippen LogP contribution is -2.07. The molecule has 0 spiro atoms. The van der Waals surface area contributed by atoms with Crippen LogP contribution in [0.1, 0.15) is 5.56 Å². The summed E-state index contributed by atoms with van der Waals surface area (Å²) in [5.74, 6) is 0. The maximum absolute atomic E-state index is 5.71. The quantitative estimate of drug-likeness (QED) is 0.751. The molecule has 22 heavy (non-hydrogen) atoms. The van der Waals surface area contributed by atoms with E-state index < -0.39 is 0 Å². The monoisotopic (exact) mass is 292 g/mol. The van der Waals surface area contributed by atoms with Crippen LogP contribution in [0.5, 0.6) is 0 Å². The molecule has 0 radical (unpaired) electrons. The Bertz CT molecular complexity index is 740. The van der Waals surface area contributed by atoms with E-state index >= 15 is 0 Å². The van der Waals surface area contributed by atoms with Gasteiger partial charge in [-0.2, -0.15) is 0 Å². The Labute approximate surface area is 130 Å². The van der Waals surface area contributed by atoms with E-state index in [4.69, 9.17) is 5.73 Å². The normalized spacial score (nSPS) is 10.6. The summed E-state index contributed by atoms with van der Waals surface area (Å²) in [6, 6.07) is 16.3. The largest absolute Gasteiger partial charge is 0.399 e. The molecule has 1 heterocycles. The van der Waals surface area contributed by atoms with Gasteiger partial charge in [-0.1, -0.05) is 24.3 Å². The van der Waals surface area contributed by atoms with Gasteiger partial charge in [0.25, 0.3) is 0 Å². The Morgan fingerprint density at radius 2 is 1.68 bits per heavy atom. The van der Waals surface area contributed by atoms with Gasteiger partial charge in [0.15, 0.2) is 0 Å². The van der Waals surface area contributed by atoms with Gasteiger partial charge in [-0.15, -0.1) is 0 Å². The average molecular weight is 292 g/mol. The SMILES string of the molecule is CN(C)c1ccc(-c2cn(Cc3ccc(N)cc3)cn2)cc1. The van der Waals surface area contributed by atoms with E-state index in [9.17, 15) is 0 Å². The molecule has 2 aromatic carbocycles. The summed E-state index contributed by atoms with van der Waals surface area (Å²) in [7, 11) is 4.08. The first-order valence-corrected chi connectivity index (χ1v) is 7.26. The van der Waals surface area contributed by atoms with Crippen LogP contribution >= 0.6 is 0 Å². The fraction of sp³-hybridized carbons (Fsp3) is 0.167. The minimum Gasteiger partial charge on any atom is -0.399 e. The molecule has 0 aliphatic rings. The van der Waals surface area contributed by atoms with Gasteiger partial charge in [-0.3, -0.25) is 0 Å². The minimum atomic E-state index is 0.788. The molecule has 0 amide bonds. The van der Waals surface area contributed by atoms with Gasteiger partial charge in [0.2, 0.25) is 0 Å². The Morgan fingerprint density at radius 1 is 1.00 bits per heavy atom. The predicted octanol–water partition coefficient (Wildman–Crippen LogP) is 3.25. The third-order valence-corrected chi connectivity index (χ3v) is 3.66. The number of nitrogen functional groups attached to an aromatic ring is 1. The summed E-state index contributed by atoms with van der Waals surface area (Å²) in [4.78, 5) is 6.59. The number of hydrogen-bond donors (Lipinski definition) is 1. The van der Waals surface area contributed by atoms with Crippen LogP contribution in [-0.2, 0) is 6.54 Å². The van der Waals surface area contributed by atoms with Crippen molar-refractivity contribution in [1.29, 1.82) is 0 Å². The molecule has 4 heteroatoms. The Morgan fingerprint density at radius 3 is 2.32 bits per heavy atom. The molecule has 2 N–H and O–H groups in total. The lowest BCUT2D eigenvalue weighted by Gasteiger charge is -2.12. The van der Waals surface area contributed by atoms with Crippen LogP contribution in [0.15, 0.2) is 61.1 Å². The lowest BCUT2D eigenvalue weighted by molar-refractivity contribution is 0.798. The van der Waals surface area contributed by atoms with E-state index in [1.807, 2.05) is 44.7 Å². The Balaban J connectivity index is 1.77. The maximum atomic E-state index is 5.71. The van der Waals surface area contributed by atoms with E-state index in [2.05, 4.69) is 44.9 Å². The van der Waals surface area contributed by atoms with Crippen LogP contribution < -0.4 is 10.6 Å². The highest BCUT2D eigenvalue weighted by molar-refractivity contribution is 5.62. The Hall–Kier alpha value is -2.75. The molecule has 3 aromatic rings. The first-order valence-electron chi connectivity index (χ1n) is 7.26. The van der Waals surface area contributed by atoms with Crippen molar-refractivity contribution in [2.24, 2.45) is 0 Å². The summed E-state index contributed by atoms with van der Waals surface area (Å²) in [6.07, 6.45) is 3.94. The molecule has 0 saturated heterocycles. The lowest BCUT2D eigenvalue weighted by atomic mass is 10.1. The van der Waals surface area contributed by atoms with Gasteiger partial charge in [-0.05, 0) is 29.8 Å². The number of hydrogen-bond acceptors (Lipinski definition) is 3. The highest BCUT2D eigenvalue weighted by atomic mass is 15.1. The smallest absolute Gasteiger partial charge is 0.0956 e. The van der Waals surface area contributed by atoms with Gasteiger partial charge in [0.1, 0.15) is 0 Å². The van der Waals surface area contributed by atoms with Crippen molar-refractivity contribution in [2.45, 2.75) is 6.54 Å². The molecule has 0 aliphatic heterocycles.